The zero-order chi connectivity index (χ0) is 13.0. The summed E-state index contributed by atoms with van der Waals surface area (Å²) >= 11 is 0. The van der Waals surface area contributed by atoms with Crippen molar-refractivity contribution in [3.05, 3.63) is 53.9 Å². The van der Waals surface area contributed by atoms with Gasteiger partial charge in [-0.3, -0.25) is 0 Å². The largest absolute Gasteiger partial charge is 0.411 e. The van der Waals surface area contributed by atoms with Crippen molar-refractivity contribution < 1.29 is 5.21 Å². The predicted octanol–water partition coefficient (Wildman–Crippen LogP) is 2.93. The molecule has 0 radical (unpaired) electrons. The summed E-state index contributed by atoms with van der Waals surface area (Å²) in [6.45, 7) is 1.66. The number of terminal acetylenes is 1. The molecule has 1 aromatic rings. The fraction of sp³-hybridized carbons (Fsp3) is 0.0667. The molecule has 2 aliphatic carbocycles. The second-order valence-electron chi connectivity index (χ2n) is 3.81. The lowest BCUT2D eigenvalue weighted by Crippen LogP contribution is -1.99. The van der Waals surface area contributed by atoms with E-state index in [0.717, 1.165) is 0 Å². The topological polar surface area (TPSA) is 45.5 Å². The lowest BCUT2D eigenvalue weighted by molar-refractivity contribution is 0.319. The van der Waals surface area contributed by atoms with Crippen LogP contribution in [0.2, 0.25) is 0 Å². The van der Waals surface area contributed by atoms with E-state index < -0.39 is 0 Å². The molecular weight excluding hydrogens is 224 g/mol. The highest BCUT2D eigenvalue weighted by atomic mass is 16.4. The summed E-state index contributed by atoms with van der Waals surface area (Å²) in [6, 6.07) is 12.0. The van der Waals surface area contributed by atoms with Crippen molar-refractivity contribution in [2.75, 3.05) is 0 Å². The van der Waals surface area contributed by atoms with E-state index in [1.54, 1.807) is 25.3 Å². The van der Waals surface area contributed by atoms with Crippen molar-refractivity contribution in [2.24, 2.45) is 5.16 Å². The average molecular weight is 236 g/mol. The normalized spacial score (nSPS) is 11.0. The minimum Gasteiger partial charge on any atom is -0.411 e. The summed E-state index contributed by atoms with van der Waals surface area (Å²) in [5.41, 5.74) is 4.50. The van der Waals surface area contributed by atoms with Gasteiger partial charge in [0.15, 0.2) is 0 Å². The fourth-order valence-electron chi connectivity index (χ4n) is 1.54. The van der Waals surface area contributed by atoms with Gasteiger partial charge in [0.2, 0.25) is 0 Å². The number of rotatable bonds is 1. The Labute approximate surface area is 106 Å². The van der Waals surface area contributed by atoms with Crippen LogP contribution < -0.4 is 0 Å². The Hall–Kier alpha value is -2.60. The highest BCUT2D eigenvalue weighted by molar-refractivity contribution is 5.99. The maximum Gasteiger partial charge on any atom is 0.122 e. The number of fused-ring (bicyclic) bond motifs is 1. The monoisotopic (exact) mass is 236 g/mol. The van der Waals surface area contributed by atoms with E-state index in [9.17, 15) is 0 Å². The third kappa shape index (κ3) is 2.55. The summed E-state index contributed by atoms with van der Waals surface area (Å²) in [4.78, 5) is 3.94. The maximum absolute atomic E-state index is 8.50. The highest BCUT2D eigenvalue weighted by Gasteiger charge is 2.07. The van der Waals surface area contributed by atoms with Crippen LogP contribution >= 0.6 is 0 Å². The molecule has 18 heavy (non-hydrogen) atoms. The van der Waals surface area contributed by atoms with Gasteiger partial charge in [-0.2, -0.15) is 0 Å². The summed E-state index contributed by atoms with van der Waals surface area (Å²) in [5.74, 6) is 2.41. The first-order valence-corrected chi connectivity index (χ1v) is 5.47. The molecule has 3 rings (SSSR count). The number of oxime groups is 1. The Balaban J connectivity index is 0.000000164. The van der Waals surface area contributed by atoms with Gasteiger partial charge in [0.25, 0.3) is 0 Å². The Morgan fingerprint density at radius 1 is 1.28 bits per heavy atom. The molecule has 3 heteroatoms. The predicted molar refractivity (Wildman–Crippen MR) is 71.6 cm³/mol. The maximum atomic E-state index is 8.50. The molecule has 0 spiro atoms. The third-order valence-electron chi connectivity index (χ3n) is 2.60. The van der Waals surface area contributed by atoms with E-state index in [1.165, 1.54) is 11.1 Å². The van der Waals surface area contributed by atoms with E-state index in [-0.39, 0.29) is 0 Å². The molecule has 0 aromatic carbocycles. The van der Waals surface area contributed by atoms with Gasteiger partial charge in [0.05, 0.1) is 5.71 Å². The molecule has 0 unspecified atom stereocenters. The standard InChI is InChI=1S/C9H8N2O.C6H4/c1-3-9-8(7(2)11-12)5-4-6-10-9;1-2-5-4-6(5)3-1/h1,4-6,12H,2H3;1-4H. The van der Waals surface area contributed by atoms with Gasteiger partial charge in [-0.1, -0.05) is 23.4 Å². The van der Waals surface area contributed by atoms with E-state index in [4.69, 9.17) is 11.6 Å². The van der Waals surface area contributed by atoms with Gasteiger partial charge < -0.3 is 5.21 Å². The van der Waals surface area contributed by atoms with Crippen molar-refractivity contribution in [1.29, 1.82) is 0 Å². The average Bonchev–Trinajstić information content (AvgIpc) is 3.04. The van der Waals surface area contributed by atoms with Crippen molar-refractivity contribution in [3.8, 4) is 23.5 Å². The number of benzene rings is 1. The Kier molecular flexibility index (Phi) is 3.40. The molecule has 2 aliphatic rings. The van der Waals surface area contributed by atoms with Crippen LogP contribution in [0.1, 0.15) is 18.2 Å². The first kappa shape index (κ1) is 11.9. The zero-order valence-corrected chi connectivity index (χ0v) is 9.96. The number of hydrogen-bond donors (Lipinski definition) is 1. The number of nitrogens with zero attached hydrogens (tertiary/aromatic N) is 2. The lowest BCUT2D eigenvalue weighted by Gasteiger charge is -1.99. The molecule has 1 heterocycles. The molecule has 1 aromatic heterocycles. The Morgan fingerprint density at radius 3 is 2.44 bits per heavy atom. The molecule has 0 saturated heterocycles. The summed E-state index contributed by atoms with van der Waals surface area (Å²) in [6.07, 6.45) is 6.79. The lowest BCUT2D eigenvalue weighted by atomic mass is 10.1. The molecule has 0 fully saturated rings. The molecule has 1 N–H and O–H groups in total. The first-order valence-electron chi connectivity index (χ1n) is 5.47. The molecule has 88 valence electrons. The van der Waals surface area contributed by atoms with Crippen LogP contribution in [-0.2, 0) is 0 Å². The van der Waals surface area contributed by atoms with Gasteiger partial charge in [0, 0.05) is 11.8 Å². The van der Waals surface area contributed by atoms with Crippen LogP contribution in [0.15, 0.2) is 47.8 Å². The van der Waals surface area contributed by atoms with E-state index in [1.807, 2.05) is 0 Å². The van der Waals surface area contributed by atoms with Crippen LogP contribution in [0.5, 0.6) is 0 Å². The number of pyridine rings is 1. The van der Waals surface area contributed by atoms with Gasteiger partial charge in [-0.25, -0.2) is 4.98 Å². The minimum absolute atomic E-state index is 0.469. The van der Waals surface area contributed by atoms with Crippen LogP contribution in [0.3, 0.4) is 0 Å². The van der Waals surface area contributed by atoms with Crippen LogP contribution in [0, 0.1) is 12.3 Å². The molecule has 0 atom stereocenters. The van der Waals surface area contributed by atoms with Crippen molar-refractivity contribution >= 4 is 5.71 Å². The molecule has 0 aliphatic heterocycles. The quantitative estimate of drug-likeness (QED) is 0.305. The molecule has 0 amide bonds. The van der Waals surface area contributed by atoms with Crippen LogP contribution in [-0.4, -0.2) is 15.9 Å². The summed E-state index contributed by atoms with van der Waals surface area (Å²) in [7, 11) is 0. The third-order valence-corrected chi connectivity index (χ3v) is 2.60. The highest BCUT2D eigenvalue weighted by Crippen LogP contribution is 2.32. The van der Waals surface area contributed by atoms with Gasteiger partial charge in [-0.05, 0) is 42.2 Å². The second-order valence-corrected chi connectivity index (χ2v) is 3.81. The van der Waals surface area contributed by atoms with E-state index in [0.29, 0.717) is 17.0 Å². The van der Waals surface area contributed by atoms with E-state index >= 15 is 0 Å². The van der Waals surface area contributed by atoms with Gasteiger partial charge >= 0.3 is 0 Å². The van der Waals surface area contributed by atoms with Gasteiger partial charge in [0.1, 0.15) is 5.69 Å². The summed E-state index contributed by atoms with van der Waals surface area (Å²) < 4.78 is 0. The summed E-state index contributed by atoms with van der Waals surface area (Å²) in [5, 5.41) is 11.5. The Bertz CT molecular complexity index is 622. The molecule has 3 nitrogen and oxygen atoms in total. The second kappa shape index (κ2) is 5.15. The van der Waals surface area contributed by atoms with Crippen LogP contribution in [0.4, 0.5) is 0 Å². The fourth-order valence-corrected chi connectivity index (χ4v) is 1.54. The Morgan fingerprint density at radius 2 is 2.00 bits per heavy atom. The SMILES string of the molecule is C#Cc1ncccc1C(C)=NO.c1cc2cc-2c1. The minimum atomic E-state index is 0.469. The molecular formula is C15H12N2O. The van der Waals surface area contributed by atoms with Gasteiger partial charge in [-0.15, -0.1) is 6.42 Å². The molecule has 0 saturated carbocycles. The van der Waals surface area contributed by atoms with Crippen molar-refractivity contribution in [3.63, 3.8) is 0 Å². The molecule has 0 bridgehead atoms. The first-order chi connectivity index (χ1) is 8.76. The zero-order valence-electron chi connectivity index (χ0n) is 9.96. The van der Waals surface area contributed by atoms with Crippen molar-refractivity contribution in [1.82, 2.24) is 4.98 Å². The smallest absolute Gasteiger partial charge is 0.122 e. The van der Waals surface area contributed by atoms with E-state index in [2.05, 4.69) is 40.3 Å². The van der Waals surface area contributed by atoms with Crippen LogP contribution in [0.25, 0.3) is 11.1 Å². The number of aromatic nitrogens is 1. The number of hydrogen-bond acceptors (Lipinski definition) is 3. The van der Waals surface area contributed by atoms with Crippen molar-refractivity contribution in [2.45, 2.75) is 6.92 Å².